The summed E-state index contributed by atoms with van der Waals surface area (Å²) in [7, 11) is 1.73. The van der Waals surface area contributed by atoms with Crippen molar-refractivity contribution in [2.45, 2.75) is 45.6 Å². The Labute approximate surface area is 126 Å². The molecule has 0 bridgehead atoms. The van der Waals surface area contributed by atoms with Gasteiger partial charge in [0.25, 0.3) is 0 Å². The van der Waals surface area contributed by atoms with Crippen molar-refractivity contribution >= 4 is 5.96 Å². The van der Waals surface area contributed by atoms with Crippen LogP contribution in [0.5, 0.6) is 0 Å². The average molecular weight is 292 g/mol. The number of hydrogen-bond acceptors (Lipinski definition) is 2. The van der Waals surface area contributed by atoms with Gasteiger partial charge >= 0.3 is 0 Å². The predicted octanol–water partition coefficient (Wildman–Crippen LogP) is 2.86. The normalized spacial score (nSPS) is 17.8. The van der Waals surface area contributed by atoms with E-state index in [0.29, 0.717) is 23.6 Å². The number of halogens is 1. The Morgan fingerprint density at radius 1 is 1.38 bits per heavy atom. The molecule has 1 aliphatic carbocycles. The molecule has 0 aliphatic heterocycles. The van der Waals surface area contributed by atoms with Gasteiger partial charge in [0.15, 0.2) is 5.96 Å². The van der Waals surface area contributed by atoms with Crippen LogP contribution in [0.25, 0.3) is 0 Å². The fraction of sp³-hybridized carbons (Fsp3) is 0.625. The van der Waals surface area contributed by atoms with Gasteiger partial charge < -0.3 is 10.6 Å². The van der Waals surface area contributed by atoms with E-state index in [2.05, 4.69) is 27.5 Å². The second-order valence-corrected chi connectivity index (χ2v) is 5.77. The number of rotatable bonds is 5. The lowest BCUT2D eigenvalue weighted by Gasteiger charge is -2.28. The third kappa shape index (κ3) is 4.16. The summed E-state index contributed by atoms with van der Waals surface area (Å²) in [5.41, 5.74) is 0.806. The molecule has 2 rings (SSSR count). The molecule has 1 saturated carbocycles. The molecule has 0 aromatic carbocycles. The van der Waals surface area contributed by atoms with Crippen molar-refractivity contribution in [3.63, 3.8) is 0 Å². The van der Waals surface area contributed by atoms with E-state index in [1.807, 2.05) is 0 Å². The van der Waals surface area contributed by atoms with E-state index in [9.17, 15) is 4.39 Å². The Bertz CT molecular complexity index is 481. The highest BCUT2D eigenvalue weighted by Crippen LogP contribution is 2.40. The zero-order valence-electron chi connectivity index (χ0n) is 13.0. The first-order chi connectivity index (χ1) is 10.2. The standard InChI is InChI=1S/C16H25FN4/c1-3-16(8-4-5-9-16)12-21-15(18-2)20-11-14-13(17)7-6-10-19-14/h6-7,10H,3-5,8-9,11-12H2,1-2H3,(H2,18,20,21). The molecule has 0 atom stereocenters. The van der Waals surface area contributed by atoms with Gasteiger partial charge in [-0.25, -0.2) is 4.39 Å². The molecule has 0 amide bonds. The molecule has 2 N–H and O–H groups in total. The van der Waals surface area contributed by atoms with E-state index in [1.54, 1.807) is 19.3 Å². The molecule has 0 unspecified atom stereocenters. The van der Waals surface area contributed by atoms with Crippen LogP contribution in [0.3, 0.4) is 0 Å². The first-order valence-electron chi connectivity index (χ1n) is 7.73. The molecule has 1 aromatic rings. The van der Waals surface area contributed by atoms with Crippen LogP contribution in [0.4, 0.5) is 4.39 Å². The summed E-state index contributed by atoms with van der Waals surface area (Å²) >= 11 is 0. The Hall–Kier alpha value is -1.65. The maximum atomic E-state index is 13.5. The van der Waals surface area contributed by atoms with Crippen molar-refractivity contribution < 1.29 is 4.39 Å². The number of guanidine groups is 1. The average Bonchev–Trinajstić information content (AvgIpc) is 2.98. The number of pyridine rings is 1. The highest BCUT2D eigenvalue weighted by atomic mass is 19.1. The van der Waals surface area contributed by atoms with Crippen molar-refractivity contribution in [2.75, 3.05) is 13.6 Å². The van der Waals surface area contributed by atoms with Gasteiger partial charge in [0.2, 0.25) is 0 Å². The maximum Gasteiger partial charge on any atom is 0.191 e. The van der Waals surface area contributed by atoms with Crippen LogP contribution in [0.1, 0.15) is 44.7 Å². The van der Waals surface area contributed by atoms with Crippen LogP contribution in [0, 0.1) is 11.2 Å². The Morgan fingerprint density at radius 3 is 2.76 bits per heavy atom. The number of aromatic nitrogens is 1. The van der Waals surface area contributed by atoms with Gasteiger partial charge in [-0.2, -0.15) is 0 Å². The third-order valence-corrected chi connectivity index (χ3v) is 4.53. The van der Waals surface area contributed by atoms with Crippen molar-refractivity contribution in [2.24, 2.45) is 10.4 Å². The van der Waals surface area contributed by atoms with Crippen molar-refractivity contribution in [3.8, 4) is 0 Å². The molecule has 1 aliphatic rings. The van der Waals surface area contributed by atoms with E-state index >= 15 is 0 Å². The number of hydrogen-bond donors (Lipinski definition) is 2. The summed E-state index contributed by atoms with van der Waals surface area (Å²) in [6.07, 6.45) is 7.98. The lowest BCUT2D eigenvalue weighted by Crippen LogP contribution is -2.42. The van der Waals surface area contributed by atoms with Gasteiger partial charge in [0.1, 0.15) is 5.82 Å². The molecule has 0 radical (unpaired) electrons. The van der Waals surface area contributed by atoms with E-state index in [4.69, 9.17) is 0 Å². The molecule has 1 heterocycles. The molecular weight excluding hydrogens is 267 g/mol. The highest BCUT2D eigenvalue weighted by Gasteiger charge is 2.31. The fourth-order valence-electron chi connectivity index (χ4n) is 2.99. The summed E-state index contributed by atoms with van der Waals surface area (Å²) in [6, 6.07) is 3.02. The second-order valence-electron chi connectivity index (χ2n) is 5.77. The molecule has 4 nitrogen and oxygen atoms in total. The Morgan fingerprint density at radius 2 is 2.14 bits per heavy atom. The molecular formula is C16H25FN4. The second kappa shape index (κ2) is 7.38. The summed E-state index contributed by atoms with van der Waals surface area (Å²) in [5.74, 6) is 0.418. The molecule has 5 heteroatoms. The molecule has 0 spiro atoms. The summed E-state index contributed by atoms with van der Waals surface area (Å²) in [6.45, 7) is 3.52. The van der Waals surface area contributed by atoms with Gasteiger partial charge in [0, 0.05) is 19.8 Å². The van der Waals surface area contributed by atoms with Crippen LogP contribution in [0.15, 0.2) is 23.3 Å². The summed E-state index contributed by atoms with van der Waals surface area (Å²) in [5, 5.41) is 6.51. The lowest BCUT2D eigenvalue weighted by atomic mass is 9.83. The zero-order chi connectivity index (χ0) is 15.1. The van der Waals surface area contributed by atoms with Gasteiger partial charge in [0.05, 0.1) is 12.2 Å². The van der Waals surface area contributed by atoms with Gasteiger partial charge in [-0.15, -0.1) is 0 Å². The van der Waals surface area contributed by atoms with E-state index in [0.717, 1.165) is 6.54 Å². The van der Waals surface area contributed by atoms with Gasteiger partial charge in [-0.1, -0.05) is 19.8 Å². The first kappa shape index (κ1) is 15.7. The molecule has 0 saturated heterocycles. The van der Waals surface area contributed by atoms with Crippen molar-refractivity contribution in [1.29, 1.82) is 0 Å². The maximum absolute atomic E-state index is 13.5. The number of nitrogens with one attached hydrogen (secondary N) is 2. The SMILES string of the molecule is CCC1(CNC(=NC)NCc2ncccc2F)CCCC1. The first-order valence-corrected chi connectivity index (χ1v) is 7.73. The minimum absolute atomic E-state index is 0.290. The Balaban J connectivity index is 1.85. The topological polar surface area (TPSA) is 49.3 Å². The minimum atomic E-state index is -0.290. The van der Waals surface area contributed by atoms with Crippen LogP contribution < -0.4 is 10.6 Å². The number of aliphatic imine (C=N–C) groups is 1. The fourth-order valence-corrected chi connectivity index (χ4v) is 2.99. The zero-order valence-corrected chi connectivity index (χ0v) is 13.0. The lowest BCUT2D eigenvalue weighted by molar-refractivity contribution is 0.283. The van der Waals surface area contributed by atoms with Crippen LogP contribution in [-0.4, -0.2) is 24.5 Å². The minimum Gasteiger partial charge on any atom is -0.356 e. The third-order valence-electron chi connectivity index (χ3n) is 4.53. The highest BCUT2D eigenvalue weighted by molar-refractivity contribution is 5.79. The van der Waals surface area contributed by atoms with Crippen molar-refractivity contribution in [3.05, 3.63) is 29.8 Å². The molecule has 116 valence electrons. The molecule has 21 heavy (non-hydrogen) atoms. The number of nitrogens with zero attached hydrogens (tertiary/aromatic N) is 2. The van der Waals surface area contributed by atoms with E-state index < -0.39 is 0 Å². The van der Waals surface area contributed by atoms with Gasteiger partial charge in [-0.3, -0.25) is 9.98 Å². The van der Waals surface area contributed by atoms with Crippen molar-refractivity contribution in [1.82, 2.24) is 15.6 Å². The monoisotopic (exact) mass is 292 g/mol. The van der Waals surface area contributed by atoms with Crippen LogP contribution in [-0.2, 0) is 6.54 Å². The smallest absolute Gasteiger partial charge is 0.191 e. The van der Waals surface area contributed by atoms with Crippen LogP contribution >= 0.6 is 0 Å². The molecule has 1 fully saturated rings. The van der Waals surface area contributed by atoms with E-state index in [1.165, 1.54) is 38.2 Å². The summed E-state index contributed by atoms with van der Waals surface area (Å²) in [4.78, 5) is 8.23. The molecule has 1 aromatic heterocycles. The van der Waals surface area contributed by atoms with Gasteiger partial charge in [-0.05, 0) is 36.8 Å². The summed E-state index contributed by atoms with van der Waals surface area (Å²) < 4.78 is 13.5. The Kier molecular flexibility index (Phi) is 5.53. The van der Waals surface area contributed by atoms with Crippen LogP contribution in [0.2, 0.25) is 0 Å². The predicted molar refractivity (Wildman–Crippen MR) is 83.6 cm³/mol. The largest absolute Gasteiger partial charge is 0.356 e. The quantitative estimate of drug-likeness (QED) is 0.648. The van der Waals surface area contributed by atoms with E-state index in [-0.39, 0.29) is 5.82 Å².